The molecule has 2 N–H and O–H groups in total. The van der Waals surface area contributed by atoms with Crippen molar-refractivity contribution in [3.63, 3.8) is 0 Å². The van der Waals surface area contributed by atoms with E-state index in [4.69, 9.17) is 5.73 Å². The van der Waals surface area contributed by atoms with E-state index >= 15 is 0 Å². The molecule has 0 spiro atoms. The van der Waals surface area contributed by atoms with Crippen LogP contribution < -0.4 is 5.73 Å². The summed E-state index contributed by atoms with van der Waals surface area (Å²) in [5, 5.41) is 2.27. The van der Waals surface area contributed by atoms with E-state index in [9.17, 15) is 4.79 Å². The van der Waals surface area contributed by atoms with Gasteiger partial charge in [0.2, 0.25) is 5.91 Å². The second kappa shape index (κ2) is 4.31. The normalized spacial score (nSPS) is 10.6. The van der Waals surface area contributed by atoms with E-state index in [1.54, 1.807) is 6.20 Å². The molecule has 0 aliphatic heterocycles. The molecule has 16 heavy (non-hydrogen) atoms. The second-order valence-corrected chi connectivity index (χ2v) is 3.95. The van der Waals surface area contributed by atoms with Crippen molar-refractivity contribution in [2.45, 2.75) is 19.8 Å². The molecule has 0 fully saturated rings. The van der Waals surface area contributed by atoms with Crippen molar-refractivity contribution < 1.29 is 4.79 Å². The van der Waals surface area contributed by atoms with Gasteiger partial charge in [0, 0.05) is 23.7 Å². The molecule has 0 radical (unpaired) electrons. The summed E-state index contributed by atoms with van der Waals surface area (Å²) < 4.78 is 0. The van der Waals surface area contributed by atoms with Gasteiger partial charge in [0.15, 0.2) is 0 Å². The highest BCUT2D eigenvalue weighted by molar-refractivity contribution is 5.85. The van der Waals surface area contributed by atoms with Gasteiger partial charge in [0.25, 0.3) is 0 Å². The molecule has 0 aliphatic rings. The molecule has 0 unspecified atom stereocenters. The van der Waals surface area contributed by atoms with E-state index in [0.29, 0.717) is 12.8 Å². The topological polar surface area (TPSA) is 56.0 Å². The second-order valence-electron chi connectivity index (χ2n) is 3.95. The molecule has 1 heterocycles. The van der Waals surface area contributed by atoms with E-state index in [2.05, 4.69) is 24.0 Å². The highest BCUT2D eigenvalue weighted by atomic mass is 16.1. The number of carbonyl (C=O) groups excluding carboxylic acids is 1. The van der Waals surface area contributed by atoms with E-state index in [1.807, 2.05) is 12.1 Å². The lowest BCUT2D eigenvalue weighted by atomic mass is 10.0. The van der Waals surface area contributed by atoms with Crippen LogP contribution in [-0.2, 0) is 11.2 Å². The molecule has 3 heteroatoms. The molecule has 1 amide bonds. The lowest BCUT2D eigenvalue weighted by Crippen LogP contribution is -2.11. The fourth-order valence-corrected chi connectivity index (χ4v) is 1.80. The Morgan fingerprint density at radius 1 is 1.38 bits per heavy atom. The highest BCUT2D eigenvalue weighted by Crippen LogP contribution is 2.19. The average molecular weight is 214 g/mol. The van der Waals surface area contributed by atoms with Crippen molar-refractivity contribution in [2.75, 3.05) is 0 Å². The monoisotopic (exact) mass is 214 g/mol. The van der Waals surface area contributed by atoms with Crippen molar-refractivity contribution >= 4 is 16.7 Å². The highest BCUT2D eigenvalue weighted by Gasteiger charge is 2.04. The SMILES string of the molecule is Cc1ccc2c(CCC(N)=O)nccc2c1. The van der Waals surface area contributed by atoms with Crippen molar-refractivity contribution in [2.24, 2.45) is 5.73 Å². The predicted octanol–water partition coefficient (Wildman–Crippen LogP) is 1.96. The van der Waals surface area contributed by atoms with Crippen LogP contribution in [0.3, 0.4) is 0 Å². The van der Waals surface area contributed by atoms with Crippen LogP contribution in [0.5, 0.6) is 0 Å². The summed E-state index contributed by atoms with van der Waals surface area (Å²) in [5.41, 5.74) is 7.30. The van der Waals surface area contributed by atoms with Gasteiger partial charge in [-0.25, -0.2) is 0 Å². The molecule has 0 aliphatic carbocycles. The summed E-state index contributed by atoms with van der Waals surface area (Å²) in [6, 6.07) is 8.20. The largest absolute Gasteiger partial charge is 0.370 e. The van der Waals surface area contributed by atoms with Crippen LogP contribution in [0.1, 0.15) is 17.7 Å². The minimum Gasteiger partial charge on any atom is -0.370 e. The fraction of sp³-hybridized carbons (Fsp3) is 0.231. The van der Waals surface area contributed by atoms with Gasteiger partial charge in [0.05, 0.1) is 0 Å². The Morgan fingerprint density at radius 3 is 2.94 bits per heavy atom. The third-order valence-corrected chi connectivity index (χ3v) is 2.61. The zero-order chi connectivity index (χ0) is 11.5. The van der Waals surface area contributed by atoms with Gasteiger partial charge in [0.1, 0.15) is 0 Å². The maximum absolute atomic E-state index is 10.8. The van der Waals surface area contributed by atoms with Crippen LogP contribution in [0.4, 0.5) is 0 Å². The van der Waals surface area contributed by atoms with Crippen LogP contribution in [-0.4, -0.2) is 10.9 Å². The minimum absolute atomic E-state index is 0.286. The molecule has 3 nitrogen and oxygen atoms in total. The number of pyridine rings is 1. The van der Waals surface area contributed by atoms with Gasteiger partial charge in [-0.05, 0) is 24.8 Å². The Hall–Kier alpha value is -1.90. The standard InChI is InChI=1S/C13H14N2O/c1-9-2-3-11-10(8-9)6-7-15-12(11)4-5-13(14)16/h2-3,6-8H,4-5H2,1H3,(H2,14,16). The lowest BCUT2D eigenvalue weighted by Gasteiger charge is -2.05. The maximum Gasteiger partial charge on any atom is 0.217 e. The quantitative estimate of drug-likeness (QED) is 0.849. The Balaban J connectivity index is 2.41. The van der Waals surface area contributed by atoms with E-state index in [0.717, 1.165) is 16.5 Å². The number of hydrogen-bond donors (Lipinski definition) is 1. The first-order valence-corrected chi connectivity index (χ1v) is 5.29. The number of amides is 1. The summed E-state index contributed by atoms with van der Waals surface area (Å²) in [4.78, 5) is 15.1. The van der Waals surface area contributed by atoms with Crippen LogP contribution in [0.25, 0.3) is 10.8 Å². The molecular formula is C13H14N2O. The number of nitrogens with zero attached hydrogens (tertiary/aromatic N) is 1. The first-order valence-electron chi connectivity index (χ1n) is 5.29. The molecule has 0 saturated heterocycles. The molecule has 2 rings (SSSR count). The van der Waals surface area contributed by atoms with Gasteiger partial charge < -0.3 is 5.73 Å². The third kappa shape index (κ3) is 2.19. The first kappa shape index (κ1) is 10.6. The Kier molecular flexibility index (Phi) is 2.86. The summed E-state index contributed by atoms with van der Waals surface area (Å²) in [6.45, 7) is 2.06. The van der Waals surface area contributed by atoms with Gasteiger partial charge in [-0.3, -0.25) is 9.78 Å². The number of aryl methyl sites for hydroxylation is 2. The molecule has 0 atom stereocenters. The smallest absolute Gasteiger partial charge is 0.217 e. The number of nitrogens with two attached hydrogens (primary N) is 1. The predicted molar refractivity (Wildman–Crippen MR) is 64.0 cm³/mol. The number of rotatable bonds is 3. The third-order valence-electron chi connectivity index (χ3n) is 2.61. The first-order chi connectivity index (χ1) is 7.66. The van der Waals surface area contributed by atoms with Crippen LogP contribution in [0.15, 0.2) is 30.5 Å². The molecular weight excluding hydrogens is 200 g/mol. The average Bonchev–Trinajstić information content (AvgIpc) is 2.25. The van der Waals surface area contributed by atoms with Gasteiger partial charge in [-0.2, -0.15) is 0 Å². The summed E-state index contributed by atoms with van der Waals surface area (Å²) >= 11 is 0. The number of aromatic nitrogens is 1. The summed E-state index contributed by atoms with van der Waals surface area (Å²) in [5.74, 6) is -0.286. The van der Waals surface area contributed by atoms with Crippen molar-refractivity contribution in [3.05, 3.63) is 41.7 Å². The Bertz CT molecular complexity index is 534. The van der Waals surface area contributed by atoms with Crippen molar-refractivity contribution in [1.29, 1.82) is 0 Å². The molecule has 0 saturated carbocycles. The summed E-state index contributed by atoms with van der Waals surface area (Å²) in [7, 11) is 0. The van der Waals surface area contributed by atoms with Gasteiger partial charge >= 0.3 is 0 Å². The van der Waals surface area contributed by atoms with Gasteiger partial charge in [-0.15, -0.1) is 0 Å². The van der Waals surface area contributed by atoms with E-state index in [1.165, 1.54) is 5.56 Å². The number of hydrogen-bond acceptors (Lipinski definition) is 2. The molecule has 1 aromatic heterocycles. The molecule has 2 aromatic rings. The van der Waals surface area contributed by atoms with E-state index < -0.39 is 0 Å². The van der Waals surface area contributed by atoms with Crippen molar-refractivity contribution in [1.82, 2.24) is 4.98 Å². The van der Waals surface area contributed by atoms with Crippen LogP contribution >= 0.6 is 0 Å². The lowest BCUT2D eigenvalue weighted by molar-refractivity contribution is -0.117. The van der Waals surface area contributed by atoms with E-state index in [-0.39, 0.29) is 5.91 Å². The molecule has 1 aromatic carbocycles. The molecule has 82 valence electrons. The van der Waals surface area contributed by atoms with Gasteiger partial charge in [-0.1, -0.05) is 23.8 Å². The zero-order valence-corrected chi connectivity index (χ0v) is 9.23. The Labute approximate surface area is 94.3 Å². The Morgan fingerprint density at radius 2 is 2.19 bits per heavy atom. The van der Waals surface area contributed by atoms with Crippen molar-refractivity contribution in [3.8, 4) is 0 Å². The maximum atomic E-state index is 10.8. The minimum atomic E-state index is -0.286. The fourth-order valence-electron chi connectivity index (χ4n) is 1.80. The van der Waals surface area contributed by atoms with Crippen LogP contribution in [0.2, 0.25) is 0 Å². The number of primary amides is 1. The molecule has 0 bridgehead atoms. The number of benzene rings is 1. The number of fused-ring (bicyclic) bond motifs is 1. The zero-order valence-electron chi connectivity index (χ0n) is 9.23. The summed E-state index contributed by atoms with van der Waals surface area (Å²) in [6.07, 6.45) is 2.73. The number of carbonyl (C=O) groups is 1. The van der Waals surface area contributed by atoms with Crippen LogP contribution in [0, 0.1) is 6.92 Å².